The van der Waals surface area contributed by atoms with Gasteiger partial charge in [-0.15, -0.1) is 0 Å². The number of aromatic nitrogens is 4. The summed E-state index contributed by atoms with van der Waals surface area (Å²) >= 11 is 0. The van der Waals surface area contributed by atoms with E-state index in [-0.39, 0.29) is 17.1 Å². The Kier molecular flexibility index (Phi) is 2.61. The third kappa shape index (κ3) is 1.87. The lowest BCUT2D eigenvalue weighted by atomic mass is 10.4. The van der Waals surface area contributed by atoms with Crippen molar-refractivity contribution in [1.82, 2.24) is 19.7 Å². The number of aromatic carboxylic acids is 1. The number of nitrogens with zero attached hydrogens (tertiary/aromatic N) is 3. The molecular formula is C9H8N4O4. The Hall–Kier alpha value is -2.64. The van der Waals surface area contributed by atoms with Crippen LogP contribution in [0.5, 0.6) is 5.75 Å². The molecule has 17 heavy (non-hydrogen) atoms. The first-order chi connectivity index (χ1) is 8.13. The number of ether oxygens (including phenoxy) is 1. The second kappa shape index (κ2) is 4.08. The summed E-state index contributed by atoms with van der Waals surface area (Å²) in [6.45, 7) is 0. The third-order valence-electron chi connectivity index (χ3n) is 2.04. The first-order valence-electron chi connectivity index (χ1n) is 4.53. The van der Waals surface area contributed by atoms with Gasteiger partial charge >= 0.3 is 5.97 Å². The number of methoxy groups -OCH3 is 1. The summed E-state index contributed by atoms with van der Waals surface area (Å²) in [5, 5.41) is 12.6. The lowest BCUT2D eigenvalue weighted by Gasteiger charge is -2.04. The molecule has 2 N–H and O–H groups in total. The molecule has 0 radical (unpaired) electrons. The van der Waals surface area contributed by atoms with Gasteiger partial charge in [-0.05, 0) is 0 Å². The Labute approximate surface area is 94.5 Å². The van der Waals surface area contributed by atoms with Crippen molar-refractivity contribution in [1.29, 1.82) is 0 Å². The Bertz CT molecular complexity index is 615. The van der Waals surface area contributed by atoms with E-state index >= 15 is 0 Å². The van der Waals surface area contributed by atoms with E-state index in [1.807, 2.05) is 0 Å². The van der Waals surface area contributed by atoms with E-state index in [1.54, 1.807) is 0 Å². The zero-order chi connectivity index (χ0) is 12.4. The first kappa shape index (κ1) is 10.9. The molecular weight excluding hydrogens is 228 g/mol. The number of rotatable bonds is 3. The van der Waals surface area contributed by atoms with Crippen molar-refractivity contribution in [2.45, 2.75) is 0 Å². The fraction of sp³-hybridized carbons (Fsp3) is 0.111. The van der Waals surface area contributed by atoms with Crippen LogP contribution in [0.2, 0.25) is 0 Å². The molecule has 0 amide bonds. The Balaban J connectivity index is 2.56. The third-order valence-corrected chi connectivity index (χ3v) is 2.04. The number of carbonyl (C=O) groups is 1. The van der Waals surface area contributed by atoms with Crippen LogP contribution in [0, 0.1) is 0 Å². The number of hydrogen-bond donors (Lipinski definition) is 2. The topological polar surface area (TPSA) is 110 Å². The summed E-state index contributed by atoms with van der Waals surface area (Å²) < 4.78 is 6.05. The van der Waals surface area contributed by atoms with Crippen LogP contribution in [0.25, 0.3) is 5.82 Å². The van der Waals surface area contributed by atoms with E-state index in [2.05, 4.69) is 15.1 Å². The fourth-order valence-corrected chi connectivity index (χ4v) is 1.27. The van der Waals surface area contributed by atoms with Crippen molar-refractivity contribution in [3.63, 3.8) is 0 Å². The molecule has 2 heterocycles. The van der Waals surface area contributed by atoms with Crippen molar-refractivity contribution in [2.24, 2.45) is 0 Å². The monoisotopic (exact) mass is 236 g/mol. The average Bonchev–Trinajstić information content (AvgIpc) is 2.77. The number of hydrogen-bond acceptors (Lipinski definition) is 5. The van der Waals surface area contributed by atoms with E-state index < -0.39 is 11.5 Å². The standard InChI is InChI=1S/C9H8N4O4/c1-17-6-7(10-4-11-8(6)14)13-3-5(2-12-13)9(15)16/h2-4H,1H3,(H,15,16)(H,10,11,14). The quantitative estimate of drug-likeness (QED) is 0.754. The lowest BCUT2D eigenvalue weighted by Crippen LogP contribution is -2.14. The van der Waals surface area contributed by atoms with Crippen LogP contribution < -0.4 is 10.3 Å². The van der Waals surface area contributed by atoms with Gasteiger partial charge in [-0.2, -0.15) is 5.10 Å². The molecule has 88 valence electrons. The molecule has 0 aliphatic rings. The summed E-state index contributed by atoms with van der Waals surface area (Å²) in [5.41, 5.74) is -0.473. The maximum Gasteiger partial charge on any atom is 0.338 e. The molecule has 2 aromatic rings. The number of carboxylic acid groups (broad SMARTS) is 1. The molecule has 0 saturated carbocycles. The Morgan fingerprint density at radius 1 is 1.59 bits per heavy atom. The average molecular weight is 236 g/mol. The maximum absolute atomic E-state index is 11.4. The molecule has 2 aromatic heterocycles. The predicted octanol–water partition coefficient (Wildman–Crippen LogP) is -0.338. The van der Waals surface area contributed by atoms with Crippen LogP contribution in [-0.2, 0) is 0 Å². The van der Waals surface area contributed by atoms with Crippen LogP contribution in [0.1, 0.15) is 10.4 Å². The number of carboxylic acids is 1. The van der Waals surface area contributed by atoms with Gasteiger partial charge in [-0.1, -0.05) is 0 Å². The van der Waals surface area contributed by atoms with Gasteiger partial charge in [-0.3, -0.25) is 4.79 Å². The summed E-state index contributed by atoms with van der Waals surface area (Å²) in [7, 11) is 1.32. The zero-order valence-electron chi connectivity index (χ0n) is 8.75. The molecule has 0 saturated heterocycles. The van der Waals surface area contributed by atoms with Gasteiger partial charge in [0.25, 0.3) is 5.56 Å². The predicted molar refractivity (Wildman–Crippen MR) is 55.5 cm³/mol. The second-order valence-corrected chi connectivity index (χ2v) is 3.07. The van der Waals surface area contributed by atoms with Crippen molar-refractivity contribution < 1.29 is 14.6 Å². The molecule has 0 unspecified atom stereocenters. The number of H-pyrrole nitrogens is 1. The fourth-order valence-electron chi connectivity index (χ4n) is 1.27. The first-order valence-corrected chi connectivity index (χ1v) is 4.53. The number of aromatic amines is 1. The molecule has 0 fully saturated rings. The smallest absolute Gasteiger partial charge is 0.338 e. The van der Waals surface area contributed by atoms with Crippen molar-refractivity contribution in [3.05, 3.63) is 34.6 Å². The zero-order valence-corrected chi connectivity index (χ0v) is 8.75. The highest BCUT2D eigenvalue weighted by Gasteiger charge is 2.14. The van der Waals surface area contributed by atoms with Gasteiger partial charge in [0.2, 0.25) is 11.6 Å². The van der Waals surface area contributed by atoms with Gasteiger partial charge in [0.1, 0.15) is 0 Å². The summed E-state index contributed by atoms with van der Waals surface area (Å²) in [6, 6.07) is 0. The molecule has 0 spiro atoms. The summed E-state index contributed by atoms with van der Waals surface area (Å²) in [4.78, 5) is 28.3. The summed E-state index contributed by atoms with van der Waals surface area (Å²) in [6.07, 6.45) is 3.58. The molecule has 8 nitrogen and oxygen atoms in total. The van der Waals surface area contributed by atoms with Gasteiger partial charge in [0.05, 0.1) is 25.2 Å². The summed E-state index contributed by atoms with van der Waals surface area (Å²) in [5.74, 6) is -1.02. The van der Waals surface area contributed by atoms with Gasteiger partial charge < -0.3 is 14.8 Å². The highest BCUT2D eigenvalue weighted by Crippen LogP contribution is 2.13. The van der Waals surface area contributed by atoms with Crippen LogP contribution >= 0.6 is 0 Å². The Morgan fingerprint density at radius 2 is 2.35 bits per heavy atom. The normalized spacial score (nSPS) is 10.2. The van der Waals surface area contributed by atoms with Crippen molar-refractivity contribution in [3.8, 4) is 11.6 Å². The van der Waals surface area contributed by atoms with Crippen LogP contribution in [0.4, 0.5) is 0 Å². The van der Waals surface area contributed by atoms with Gasteiger partial charge in [-0.25, -0.2) is 14.5 Å². The van der Waals surface area contributed by atoms with E-state index in [0.29, 0.717) is 0 Å². The van der Waals surface area contributed by atoms with Gasteiger partial charge in [0, 0.05) is 6.20 Å². The maximum atomic E-state index is 11.4. The van der Waals surface area contributed by atoms with Crippen molar-refractivity contribution >= 4 is 5.97 Å². The minimum absolute atomic E-state index is 0.00543. The number of nitrogens with one attached hydrogen (secondary N) is 1. The largest absolute Gasteiger partial charge is 0.488 e. The van der Waals surface area contributed by atoms with E-state index in [9.17, 15) is 9.59 Å². The molecule has 0 aliphatic carbocycles. The molecule has 0 atom stereocenters. The highest BCUT2D eigenvalue weighted by atomic mass is 16.5. The molecule has 2 rings (SSSR count). The molecule has 0 aliphatic heterocycles. The van der Waals surface area contributed by atoms with Gasteiger partial charge in [0.15, 0.2) is 0 Å². The van der Waals surface area contributed by atoms with E-state index in [1.165, 1.54) is 19.6 Å². The minimum Gasteiger partial charge on any atom is -0.488 e. The van der Waals surface area contributed by atoms with Crippen LogP contribution in [0.15, 0.2) is 23.5 Å². The highest BCUT2D eigenvalue weighted by molar-refractivity contribution is 5.86. The molecule has 0 bridgehead atoms. The van der Waals surface area contributed by atoms with E-state index in [4.69, 9.17) is 9.84 Å². The minimum atomic E-state index is -1.11. The van der Waals surface area contributed by atoms with Crippen molar-refractivity contribution in [2.75, 3.05) is 7.11 Å². The molecule has 0 aromatic carbocycles. The van der Waals surface area contributed by atoms with E-state index in [0.717, 1.165) is 10.9 Å². The lowest BCUT2D eigenvalue weighted by molar-refractivity contribution is 0.0697. The second-order valence-electron chi connectivity index (χ2n) is 3.07. The SMILES string of the molecule is COc1c(-n2cc(C(=O)O)cn2)nc[nH]c1=O. The Morgan fingerprint density at radius 3 is 2.94 bits per heavy atom. The molecule has 8 heteroatoms. The van der Waals surface area contributed by atoms with Crippen LogP contribution in [0.3, 0.4) is 0 Å². The van der Waals surface area contributed by atoms with Crippen LogP contribution in [-0.4, -0.2) is 37.9 Å².